The highest BCUT2D eigenvalue weighted by Crippen LogP contribution is 2.16. The molecule has 3 rings (SSSR count). The van der Waals surface area contributed by atoms with Crippen molar-refractivity contribution in [1.82, 2.24) is 5.32 Å². The third-order valence-electron chi connectivity index (χ3n) is 4.33. The molecule has 2 N–H and O–H groups in total. The van der Waals surface area contributed by atoms with Gasteiger partial charge in [-0.15, -0.1) is 0 Å². The highest BCUT2D eigenvalue weighted by Gasteiger charge is 2.18. The fourth-order valence-electron chi connectivity index (χ4n) is 3.11. The minimum Gasteiger partial charge on any atom is -0.481 e. The van der Waals surface area contributed by atoms with Gasteiger partial charge in [-0.25, -0.2) is 0 Å². The van der Waals surface area contributed by atoms with Crippen LogP contribution in [0.5, 0.6) is 0 Å². The zero-order chi connectivity index (χ0) is 18.5. The van der Waals surface area contributed by atoms with E-state index >= 15 is 0 Å². The van der Waals surface area contributed by atoms with Crippen molar-refractivity contribution < 1.29 is 14.7 Å². The summed E-state index contributed by atoms with van der Waals surface area (Å²) in [5.74, 6) is -1.18. The molecule has 0 aromatic heterocycles. The van der Waals surface area contributed by atoms with Gasteiger partial charge in [-0.1, -0.05) is 60.2 Å². The molecule has 0 unspecified atom stereocenters. The van der Waals surface area contributed by atoms with E-state index in [-0.39, 0.29) is 12.3 Å². The van der Waals surface area contributed by atoms with Crippen LogP contribution in [0, 0.1) is 6.92 Å². The van der Waals surface area contributed by atoms with Gasteiger partial charge in [0.25, 0.3) is 5.91 Å². The summed E-state index contributed by atoms with van der Waals surface area (Å²) in [6, 6.07) is 20.7. The third-order valence-corrected chi connectivity index (χ3v) is 4.33. The molecule has 0 aliphatic carbocycles. The molecule has 4 nitrogen and oxygen atoms in total. The standard InChI is InChI=1S/C22H21NO3/c1-15-5-4-6-16(11-15)12-20(14-21(24)25)23-22(26)19-10-9-17-7-2-3-8-18(17)13-19/h2-11,13,20H,12,14H2,1H3,(H,23,26)(H,24,25)/t20-/m1/s1. The first-order valence-electron chi connectivity index (χ1n) is 8.58. The number of aliphatic carboxylic acids is 1. The fraction of sp³-hybridized carbons (Fsp3) is 0.182. The van der Waals surface area contributed by atoms with Crippen LogP contribution < -0.4 is 5.32 Å². The van der Waals surface area contributed by atoms with E-state index in [1.807, 2.05) is 67.6 Å². The minimum absolute atomic E-state index is 0.118. The summed E-state index contributed by atoms with van der Waals surface area (Å²) in [5.41, 5.74) is 2.65. The van der Waals surface area contributed by atoms with Gasteiger partial charge in [0.05, 0.1) is 6.42 Å². The molecule has 1 atom stereocenters. The summed E-state index contributed by atoms with van der Waals surface area (Å²) in [5, 5.41) is 14.1. The minimum atomic E-state index is -0.929. The number of carbonyl (C=O) groups excluding carboxylic acids is 1. The first-order valence-corrected chi connectivity index (χ1v) is 8.58. The van der Waals surface area contributed by atoms with Crippen LogP contribution in [-0.2, 0) is 11.2 Å². The van der Waals surface area contributed by atoms with Crippen LogP contribution in [0.2, 0.25) is 0 Å². The van der Waals surface area contributed by atoms with E-state index in [1.165, 1.54) is 0 Å². The topological polar surface area (TPSA) is 66.4 Å². The average molecular weight is 347 g/mol. The first kappa shape index (κ1) is 17.7. The molecular weight excluding hydrogens is 326 g/mol. The van der Waals surface area contributed by atoms with Gasteiger partial charge in [-0.05, 0) is 41.8 Å². The second kappa shape index (κ2) is 7.83. The Hall–Kier alpha value is -3.14. The molecule has 0 heterocycles. The van der Waals surface area contributed by atoms with Gasteiger partial charge in [0.1, 0.15) is 0 Å². The van der Waals surface area contributed by atoms with E-state index in [0.717, 1.165) is 21.9 Å². The second-order valence-electron chi connectivity index (χ2n) is 6.52. The van der Waals surface area contributed by atoms with Crippen LogP contribution in [-0.4, -0.2) is 23.0 Å². The number of carbonyl (C=O) groups is 2. The molecule has 0 spiro atoms. The Labute approximate surface area is 152 Å². The lowest BCUT2D eigenvalue weighted by molar-refractivity contribution is -0.137. The van der Waals surface area contributed by atoms with Crippen LogP contribution in [0.25, 0.3) is 10.8 Å². The molecule has 0 bridgehead atoms. The van der Waals surface area contributed by atoms with Crippen molar-refractivity contribution in [3.63, 3.8) is 0 Å². The Balaban J connectivity index is 1.78. The number of nitrogens with one attached hydrogen (secondary N) is 1. The highest BCUT2D eigenvalue weighted by atomic mass is 16.4. The molecule has 3 aromatic carbocycles. The molecule has 0 saturated carbocycles. The quantitative estimate of drug-likeness (QED) is 0.709. The van der Waals surface area contributed by atoms with Crippen molar-refractivity contribution in [2.24, 2.45) is 0 Å². The maximum atomic E-state index is 12.6. The number of benzene rings is 3. The summed E-state index contributed by atoms with van der Waals surface area (Å²) in [7, 11) is 0. The van der Waals surface area contributed by atoms with Gasteiger partial charge in [-0.3, -0.25) is 9.59 Å². The number of aryl methyl sites for hydroxylation is 1. The Kier molecular flexibility index (Phi) is 5.32. The maximum Gasteiger partial charge on any atom is 0.305 e. The Morgan fingerprint density at radius 1 is 0.962 bits per heavy atom. The van der Waals surface area contributed by atoms with E-state index in [1.54, 1.807) is 6.07 Å². The largest absolute Gasteiger partial charge is 0.481 e. The molecular formula is C22H21NO3. The van der Waals surface area contributed by atoms with Gasteiger partial charge >= 0.3 is 5.97 Å². The SMILES string of the molecule is Cc1cccc(C[C@H](CC(=O)O)NC(=O)c2ccc3ccccc3c2)c1. The molecule has 132 valence electrons. The van der Waals surface area contributed by atoms with Gasteiger partial charge in [-0.2, -0.15) is 0 Å². The zero-order valence-electron chi connectivity index (χ0n) is 14.6. The molecule has 1 amide bonds. The van der Waals surface area contributed by atoms with Gasteiger partial charge in [0, 0.05) is 11.6 Å². The summed E-state index contributed by atoms with van der Waals surface area (Å²) in [6.07, 6.45) is 0.362. The smallest absolute Gasteiger partial charge is 0.305 e. The maximum absolute atomic E-state index is 12.6. The highest BCUT2D eigenvalue weighted by molar-refractivity contribution is 5.98. The third kappa shape index (κ3) is 4.48. The summed E-state index contributed by atoms with van der Waals surface area (Å²) < 4.78 is 0. The van der Waals surface area contributed by atoms with Crippen LogP contribution in [0.15, 0.2) is 66.7 Å². The summed E-state index contributed by atoms with van der Waals surface area (Å²) >= 11 is 0. The number of hydrogen-bond acceptors (Lipinski definition) is 2. The molecule has 4 heteroatoms. The first-order chi connectivity index (χ1) is 12.5. The van der Waals surface area contributed by atoms with Crippen LogP contribution in [0.4, 0.5) is 0 Å². The molecule has 0 aliphatic rings. The van der Waals surface area contributed by atoms with Crippen molar-refractivity contribution >= 4 is 22.6 Å². The number of carboxylic acids is 1. The number of carboxylic acid groups (broad SMARTS) is 1. The van der Waals surface area contributed by atoms with Crippen LogP contribution >= 0.6 is 0 Å². The lowest BCUT2D eigenvalue weighted by Gasteiger charge is -2.17. The van der Waals surface area contributed by atoms with Crippen molar-refractivity contribution in [3.8, 4) is 0 Å². The summed E-state index contributed by atoms with van der Waals surface area (Å²) in [6.45, 7) is 1.99. The van der Waals surface area contributed by atoms with E-state index < -0.39 is 12.0 Å². The van der Waals surface area contributed by atoms with Crippen molar-refractivity contribution in [3.05, 3.63) is 83.4 Å². The fourth-order valence-corrected chi connectivity index (χ4v) is 3.11. The molecule has 3 aromatic rings. The lowest BCUT2D eigenvalue weighted by atomic mass is 10.0. The molecule has 0 aliphatic heterocycles. The second-order valence-corrected chi connectivity index (χ2v) is 6.52. The van der Waals surface area contributed by atoms with Crippen LogP contribution in [0.1, 0.15) is 27.9 Å². The van der Waals surface area contributed by atoms with E-state index in [4.69, 9.17) is 0 Å². The van der Waals surface area contributed by atoms with Crippen molar-refractivity contribution in [2.75, 3.05) is 0 Å². The number of amides is 1. The molecule has 0 fully saturated rings. The lowest BCUT2D eigenvalue weighted by Crippen LogP contribution is -2.38. The number of fused-ring (bicyclic) bond motifs is 1. The summed E-state index contributed by atoms with van der Waals surface area (Å²) in [4.78, 5) is 23.8. The average Bonchev–Trinajstić information content (AvgIpc) is 2.60. The van der Waals surface area contributed by atoms with E-state index in [9.17, 15) is 14.7 Å². The monoisotopic (exact) mass is 347 g/mol. The predicted octanol–water partition coefficient (Wildman–Crippen LogP) is 3.96. The number of hydrogen-bond donors (Lipinski definition) is 2. The predicted molar refractivity (Wildman–Crippen MR) is 102 cm³/mol. The molecule has 26 heavy (non-hydrogen) atoms. The van der Waals surface area contributed by atoms with Gasteiger partial charge in [0.15, 0.2) is 0 Å². The van der Waals surface area contributed by atoms with Gasteiger partial charge in [0.2, 0.25) is 0 Å². The van der Waals surface area contributed by atoms with E-state index in [0.29, 0.717) is 12.0 Å². The number of rotatable bonds is 6. The Morgan fingerprint density at radius 3 is 2.46 bits per heavy atom. The Bertz CT molecular complexity index is 949. The molecule has 0 radical (unpaired) electrons. The van der Waals surface area contributed by atoms with Crippen LogP contribution in [0.3, 0.4) is 0 Å². The van der Waals surface area contributed by atoms with Gasteiger partial charge < -0.3 is 10.4 Å². The van der Waals surface area contributed by atoms with E-state index in [2.05, 4.69) is 5.32 Å². The van der Waals surface area contributed by atoms with Crippen molar-refractivity contribution in [2.45, 2.75) is 25.8 Å². The Morgan fingerprint density at radius 2 is 1.73 bits per heavy atom. The molecule has 0 saturated heterocycles. The zero-order valence-corrected chi connectivity index (χ0v) is 14.6. The van der Waals surface area contributed by atoms with Crippen molar-refractivity contribution in [1.29, 1.82) is 0 Å². The normalized spacial score (nSPS) is 11.9.